The van der Waals surface area contributed by atoms with Crippen molar-refractivity contribution in [3.63, 3.8) is 0 Å². The Hall–Kier alpha value is -2.53. The molecule has 0 saturated heterocycles. The van der Waals surface area contributed by atoms with Crippen LogP contribution in [0, 0.1) is 0 Å². The fraction of sp³-hybridized carbons (Fsp3) is 0.188. The largest absolute Gasteiger partial charge is 0.446 e. The Morgan fingerprint density at radius 2 is 1.52 bits per heavy atom. The zero-order valence-electron chi connectivity index (χ0n) is 11.5. The maximum Gasteiger partial charge on any atom is 0.327 e. The number of fused-ring (bicyclic) bond motifs is 2. The number of para-hydroxylation sites is 2. The Bertz CT molecular complexity index is 621. The van der Waals surface area contributed by atoms with Crippen LogP contribution in [-0.2, 0) is 11.2 Å². The summed E-state index contributed by atoms with van der Waals surface area (Å²) in [6.45, 7) is 0. The van der Waals surface area contributed by atoms with Gasteiger partial charge in [0.1, 0.15) is 11.5 Å². The Balaban J connectivity index is 2.06. The first-order valence-electron chi connectivity index (χ1n) is 6.61. The highest BCUT2D eigenvalue weighted by Gasteiger charge is 2.29. The minimum atomic E-state index is -1.22. The molecule has 1 N–H and O–H groups in total. The van der Waals surface area contributed by atoms with E-state index in [0.717, 1.165) is 11.1 Å². The van der Waals surface area contributed by atoms with Gasteiger partial charge >= 0.3 is 12.2 Å². The zero-order valence-corrected chi connectivity index (χ0v) is 11.5. The number of hydrogen-bond acceptors (Lipinski definition) is 4. The molecule has 2 aromatic carbocycles. The summed E-state index contributed by atoms with van der Waals surface area (Å²) >= 11 is 0. The van der Waals surface area contributed by atoms with E-state index in [2.05, 4.69) is 0 Å². The number of amides is 1. The predicted molar refractivity (Wildman–Crippen MR) is 75.3 cm³/mol. The maximum absolute atomic E-state index is 12.0. The average molecular weight is 285 g/mol. The number of carbonyl (C=O) groups is 1. The summed E-state index contributed by atoms with van der Waals surface area (Å²) in [6.07, 6.45) is -0.565. The molecule has 5 nitrogen and oxygen atoms in total. The van der Waals surface area contributed by atoms with Crippen LogP contribution in [0.5, 0.6) is 11.5 Å². The van der Waals surface area contributed by atoms with Crippen LogP contribution in [-0.4, -0.2) is 29.5 Å². The van der Waals surface area contributed by atoms with Crippen molar-refractivity contribution in [3.05, 3.63) is 59.7 Å². The van der Waals surface area contributed by atoms with Gasteiger partial charge < -0.3 is 9.47 Å². The molecular formula is C16H15NO4. The number of nitrogens with zero attached hydrogens (tertiary/aromatic N) is 1. The first-order chi connectivity index (χ1) is 10.1. The van der Waals surface area contributed by atoms with Crippen molar-refractivity contribution in [2.75, 3.05) is 7.05 Å². The quantitative estimate of drug-likeness (QED) is 0.645. The van der Waals surface area contributed by atoms with Crippen LogP contribution in [0.25, 0.3) is 0 Å². The first-order valence-corrected chi connectivity index (χ1v) is 6.61. The van der Waals surface area contributed by atoms with Gasteiger partial charge in [-0.2, -0.15) is 0 Å². The Morgan fingerprint density at radius 1 is 1.05 bits per heavy atom. The maximum atomic E-state index is 12.0. The SMILES string of the molecule is CN(O)C(=O)C1Oc2ccccc2Cc2ccccc2O1. The van der Waals surface area contributed by atoms with Crippen molar-refractivity contribution in [2.45, 2.75) is 12.7 Å². The summed E-state index contributed by atoms with van der Waals surface area (Å²) in [5, 5.41) is 9.82. The summed E-state index contributed by atoms with van der Waals surface area (Å²) < 4.78 is 11.3. The van der Waals surface area contributed by atoms with Crippen LogP contribution < -0.4 is 9.47 Å². The number of benzene rings is 2. The molecule has 0 atom stereocenters. The molecule has 1 aliphatic heterocycles. The van der Waals surface area contributed by atoms with Gasteiger partial charge in [0.15, 0.2) is 0 Å². The molecule has 1 amide bonds. The van der Waals surface area contributed by atoms with E-state index in [9.17, 15) is 10.0 Å². The molecule has 0 fully saturated rings. The van der Waals surface area contributed by atoms with Gasteiger partial charge in [0.2, 0.25) is 0 Å². The first kappa shape index (κ1) is 13.5. The fourth-order valence-corrected chi connectivity index (χ4v) is 2.24. The minimum Gasteiger partial charge on any atom is -0.446 e. The number of ether oxygens (including phenoxy) is 2. The predicted octanol–water partition coefficient (Wildman–Crippen LogP) is 2.22. The van der Waals surface area contributed by atoms with E-state index < -0.39 is 12.2 Å². The Kier molecular flexibility index (Phi) is 3.50. The summed E-state index contributed by atoms with van der Waals surface area (Å²) in [4.78, 5) is 12.0. The number of hydroxylamine groups is 2. The second-order valence-corrected chi connectivity index (χ2v) is 4.82. The summed E-state index contributed by atoms with van der Waals surface area (Å²) in [7, 11) is 1.24. The van der Waals surface area contributed by atoms with Gasteiger partial charge in [0.25, 0.3) is 0 Å². The number of likely N-dealkylation sites (N-methyl/N-ethyl adjacent to an activating group) is 1. The van der Waals surface area contributed by atoms with E-state index in [1.54, 1.807) is 12.1 Å². The van der Waals surface area contributed by atoms with Crippen molar-refractivity contribution in [1.82, 2.24) is 5.06 Å². The van der Waals surface area contributed by atoms with Crippen LogP contribution in [0.3, 0.4) is 0 Å². The third-order valence-electron chi connectivity index (χ3n) is 3.31. The lowest BCUT2D eigenvalue weighted by Gasteiger charge is -2.26. The lowest BCUT2D eigenvalue weighted by atomic mass is 10.0. The highest BCUT2D eigenvalue weighted by Crippen LogP contribution is 2.30. The molecule has 0 saturated carbocycles. The Morgan fingerprint density at radius 3 is 2.00 bits per heavy atom. The summed E-state index contributed by atoms with van der Waals surface area (Å²) in [5.74, 6) is 0.487. The molecule has 5 heteroatoms. The van der Waals surface area contributed by atoms with E-state index in [0.29, 0.717) is 23.0 Å². The van der Waals surface area contributed by atoms with Crippen LogP contribution >= 0.6 is 0 Å². The molecule has 0 spiro atoms. The lowest BCUT2D eigenvalue weighted by molar-refractivity contribution is -0.180. The zero-order chi connectivity index (χ0) is 14.8. The van der Waals surface area contributed by atoms with Gasteiger partial charge in [-0.3, -0.25) is 10.0 Å². The third kappa shape index (κ3) is 2.68. The van der Waals surface area contributed by atoms with Crippen LogP contribution in [0.4, 0.5) is 0 Å². The van der Waals surface area contributed by atoms with Gasteiger partial charge in [-0.1, -0.05) is 36.4 Å². The van der Waals surface area contributed by atoms with Crippen LogP contribution in [0.2, 0.25) is 0 Å². The van der Waals surface area contributed by atoms with Crippen LogP contribution in [0.1, 0.15) is 11.1 Å². The molecule has 2 aromatic rings. The summed E-state index contributed by atoms with van der Waals surface area (Å²) in [5.41, 5.74) is 1.93. The number of carbonyl (C=O) groups excluding carboxylic acids is 1. The standard InChI is InChI=1S/C16H15NO4/c1-17(19)15(18)16-20-13-8-4-2-6-11(13)10-12-7-3-5-9-14(12)21-16/h2-9,16,19H,10H2,1H3. The highest BCUT2D eigenvalue weighted by atomic mass is 16.7. The smallest absolute Gasteiger partial charge is 0.327 e. The van der Waals surface area contributed by atoms with Crippen molar-refractivity contribution < 1.29 is 19.5 Å². The van der Waals surface area contributed by atoms with Gasteiger partial charge in [-0.05, 0) is 23.3 Å². The van der Waals surface area contributed by atoms with Crippen LogP contribution in [0.15, 0.2) is 48.5 Å². The van der Waals surface area contributed by atoms with Gasteiger partial charge in [0.05, 0.1) is 0 Å². The number of hydrogen-bond donors (Lipinski definition) is 1. The molecule has 1 aliphatic rings. The molecule has 21 heavy (non-hydrogen) atoms. The van der Waals surface area contributed by atoms with Gasteiger partial charge in [-0.25, -0.2) is 5.06 Å². The molecule has 0 bridgehead atoms. The molecule has 0 aromatic heterocycles. The van der Waals surface area contributed by atoms with E-state index >= 15 is 0 Å². The van der Waals surface area contributed by atoms with Crippen molar-refractivity contribution >= 4 is 5.91 Å². The average Bonchev–Trinajstić information content (AvgIpc) is 2.46. The van der Waals surface area contributed by atoms with Gasteiger partial charge in [-0.15, -0.1) is 0 Å². The van der Waals surface area contributed by atoms with Gasteiger partial charge in [0, 0.05) is 13.5 Å². The molecule has 1 heterocycles. The minimum absolute atomic E-state index is 0.470. The van der Waals surface area contributed by atoms with Crippen molar-refractivity contribution in [3.8, 4) is 11.5 Å². The third-order valence-corrected chi connectivity index (χ3v) is 3.31. The molecule has 0 radical (unpaired) electrons. The van der Waals surface area contributed by atoms with Crippen molar-refractivity contribution in [1.29, 1.82) is 0 Å². The van der Waals surface area contributed by atoms with E-state index in [1.165, 1.54) is 7.05 Å². The topological polar surface area (TPSA) is 59.0 Å². The number of rotatable bonds is 1. The fourth-order valence-electron chi connectivity index (χ4n) is 2.24. The second kappa shape index (κ2) is 5.46. The second-order valence-electron chi connectivity index (χ2n) is 4.82. The van der Waals surface area contributed by atoms with E-state index in [4.69, 9.17) is 9.47 Å². The Labute approximate surface area is 122 Å². The highest BCUT2D eigenvalue weighted by molar-refractivity contribution is 5.79. The molecule has 0 aliphatic carbocycles. The van der Waals surface area contributed by atoms with E-state index in [-0.39, 0.29) is 0 Å². The monoisotopic (exact) mass is 285 g/mol. The molecule has 3 rings (SSSR count). The lowest BCUT2D eigenvalue weighted by Crippen LogP contribution is -2.42. The molecule has 108 valence electrons. The summed E-state index contributed by atoms with van der Waals surface area (Å²) in [6, 6.07) is 15.0. The molecular weight excluding hydrogens is 270 g/mol. The van der Waals surface area contributed by atoms with E-state index in [1.807, 2.05) is 36.4 Å². The molecule has 0 unspecified atom stereocenters. The van der Waals surface area contributed by atoms with Crippen molar-refractivity contribution in [2.24, 2.45) is 0 Å². The normalized spacial score (nSPS) is 13.8.